The van der Waals surface area contributed by atoms with Crippen molar-refractivity contribution >= 4 is 11.6 Å². The van der Waals surface area contributed by atoms with Crippen LogP contribution in [0.2, 0.25) is 5.02 Å². The molecule has 2 rings (SSSR count). The topological polar surface area (TPSA) is 44.2 Å². The Balaban J connectivity index is 2.04. The second-order valence-corrected chi connectivity index (χ2v) is 3.19. The van der Waals surface area contributed by atoms with Crippen molar-refractivity contribution in [2.45, 2.75) is 12.5 Å². The number of hydrogen-bond donors (Lipinski definition) is 0. The number of nitrogens with zero attached hydrogens (tertiary/aromatic N) is 2. The van der Waals surface area contributed by atoms with E-state index in [1.165, 1.54) is 12.5 Å². The molecule has 1 atom stereocenters. The van der Waals surface area contributed by atoms with Gasteiger partial charge in [0.25, 0.3) is 0 Å². The summed E-state index contributed by atoms with van der Waals surface area (Å²) in [7, 11) is 0. The van der Waals surface area contributed by atoms with Gasteiger partial charge in [0.1, 0.15) is 17.5 Å². The molecule has 0 radical (unpaired) electrons. The molecule has 1 aromatic rings. The Kier molecular flexibility index (Phi) is 2.61. The molecule has 0 aromatic carbocycles. The molecule has 0 spiro atoms. The quantitative estimate of drug-likeness (QED) is 0.722. The van der Waals surface area contributed by atoms with Crippen LogP contribution in [-0.2, 0) is 4.74 Å². The maximum Gasteiger partial charge on any atom is 0.236 e. The molecule has 0 saturated carbocycles. The van der Waals surface area contributed by atoms with Crippen LogP contribution in [0, 0.1) is 0 Å². The van der Waals surface area contributed by atoms with Gasteiger partial charge in [-0.2, -0.15) is 0 Å². The minimum atomic E-state index is 0.0763. The van der Waals surface area contributed by atoms with E-state index >= 15 is 0 Å². The van der Waals surface area contributed by atoms with Crippen molar-refractivity contribution < 1.29 is 9.47 Å². The normalized spacial score (nSPS) is 21.8. The molecule has 1 aliphatic rings. The number of ether oxygens (including phenoxy) is 2. The van der Waals surface area contributed by atoms with E-state index in [0.29, 0.717) is 17.5 Å². The molecule has 0 amide bonds. The largest absolute Gasteiger partial charge is 0.471 e. The van der Waals surface area contributed by atoms with Gasteiger partial charge < -0.3 is 9.47 Å². The lowest BCUT2D eigenvalue weighted by molar-refractivity contribution is 0.138. The maximum atomic E-state index is 5.81. The summed E-state index contributed by atoms with van der Waals surface area (Å²) in [5.74, 6) is 0.437. The van der Waals surface area contributed by atoms with Crippen LogP contribution in [0.15, 0.2) is 12.5 Å². The standard InChI is InChI=1S/C8H9ClN2O2/c9-7-3-10-5-11-8(7)13-6-1-2-12-4-6/h3,5-6H,1-2,4H2. The van der Waals surface area contributed by atoms with Crippen molar-refractivity contribution in [2.24, 2.45) is 0 Å². The molecule has 0 aliphatic carbocycles. The predicted molar refractivity (Wildman–Crippen MR) is 46.9 cm³/mol. The van der Waals surface area contributed by atoms with E-state index in [0.717, 1.165) is 13.0 Å². The van der Waals surface area contributed by atoms with Crippen LogP contribution in [0.3, 0.4) is 0 Å². The summed E-state index contributed by atoms with van der Waals surface area (Å²) >= 11 is 5.81. The molecule has 0 N–H and O–H groups in total. The number of rotatable bonds is 2. The van der Waals surface area contributed by atoms with E-state index in [2.05, 4.69) is 9.97 Å². The Morgan fingerprint density at radius 3 is 3.23 bits per heavy atom. The van der Waals surface area contributed by atoms with Crippen LogP contribution < -0.4 is 4.74 Å². The van der Waals surface area contributed by atoms with Crippen LogP contribution >= 0.6 is 11.6 Å². The molecule has 2 heterocycles. The van der Waals surface area contributed by atoms with E-state index in [1.54, 1.807) is 0 Å². The van der Waals surface area contributed by atoms with Gasteiger partial charge in [0.15, 0.2) is 0 Å². The highest BCUT2D eigenvalue weighted by molar-refractivity contribution is 6.31. The minimum absolute atomic E-state index is 0.0763. The second kappa shape index (κ2) is 3.89. The molecule has 70 valence electrons. The summed E-state index contributed by atoms with van der Waals surface area (Å²) in [4.78, 5) is 7.69. The van der Waals surface area contributed by atoms with Gasteiger partial charge in [-0.25, -0.2) is 9.97 Å². The van der Waals surface area contributed by atoms with Crippen molar-refractivity contribution in [2.75, 3.05) is 13.2 Å². The molecular weight excluding hydrogens is 192 g/mol. The first-order valence-corrected chi connectivity index (χ1v) is 4.44. The predicted octanol–water partition coefficient (Wildman–Crippen LogP) is 1.30. The van der Waals surface area contributed by atoms with Crippen molar-refractivity contribution in [1.29, 1.82) is 0 Å². The average molecular weight is 201 g/mol. The second-order valence-electron chi connectivity index (χ2n) is 2.78. The third-order valence-corrected chi connectivity index (χ3v) is 2.06. The van der Waals surface area contributed by atoms with Gasteiger partial charge in [-0.3, -0.25) is 0 Å². The van der Waals surface area contributed by atoms with Crippen LogP contribution in [-0.4, -0.2) is 29.3 Å². The van der Waals surface area contributed by atoms with Crippen LogP contribution in [0.25, 0.3) is 0 Å². The Morgan fingerprint density at radius 2 is 2.54 bits per heavy atom. The Bertz CT molecular complexity index is 289. The number of aromatic nitrogens is 2. The van der Waals surface area contributed by atoms with Gasteiger partial charge in [0, 0.05) is 6.42 Å². The highest BCUT2D eigenvalue weighted by Crippen LogP contribution is 2.22. The molecule has 4 nitrogen and oxygen atoms in total. The number of halogens is 1. The van der Waals surface area contributed by atoms with Gasteiger partial charge in [0.05, 0.1) is 19.4 Å². The summed E-state index contributed by atoms with van der Waals surface area (Å²) in [5, 5.41) is 0.439. The van der Waals surface area contributed by atoms with Crippen LogP contribution in [0.1, 0.15) is 6.42 Å². The van der Waals surface area contributed by atoms with Gasteiger partial charge in [0.2, 0.25) is 5.88 Å². The fourth-order valence-electron chi connectivity index (χ4n) is 1.15. The minimum Gasteiger partial charge on any atom is -0.471 e. The molecule has 1 fully saturated rings. The summed E-state index contributed by atoms with van der Waals surface area (Å²) in [6, 6.07) is 0. The van der Waals surface area contributed by atoms with E-state index in [4.69, 9.17) is 21.1 Å². The summed E-state index contributed by atoms with van der Waals surface area (Å²) in [6.45, 7) is 1.35. The van der Waals surface area contributed by atoms with Gasteiger partial charge in [-0.05, 0) is 0 Å². The zero-order chi connectivity index (χ0) is 9.10. The lowest BCUT2D eigenvalue weighted by atomic mass is 10.3. The maximum absolute atomic E-state index is 5.81. The van der Waals surface area contributed by atoms with Crippen LogP contribution in [0.5, 0.6) is 5.88 Å². The van der Waals surface area contributed by atoms with E-state index in [1.807, 2.05) is 0 Å². The molecule has 13 heavy (non-hydrogen) atoms. The smallest absolute Gasteiger partial charge is 0.236 e. The third kappa shape index (κ3) is 2.08. The fraction of sp³-hybridized carbons (Fsp3) is 0.500. The van der Waals surface area contributed by atoms with Crippen molar-refractivity contribution in [1.82, 2.24) is 9.97 Å². The third-order valence-electron chi connectivity index (χ3n) is 1.80. The average Bonchev–Trinajstić information content (AvgIpc) is 2.61. The zero-order valence-electron chi connectivity index (χ0n) is 6.94. The Labute approximate surface area is 80.9 Å². The van der Waals surface area contributed by atoms with Gasteiger partial charge in [-0.1, -0.05) is 11.6 Å². The molecule has 5 heteroatoms. The first-order valence-electron chi connectivity index (χ1n) is 4.06. The van der Waals surface area contributed by atoms with Crippen molar-refractivity contribution in [3.8, 4) is 5.88 Å². The van der Waals surface area contributed by atoms with E-state index < -0.39 is 0 Å². The lowest BCUT2D eigenvalue weighted by Gasteiger charge is -2.10. The zero-order valence-corrected chi connectivity index (χ0v) is 7.70. The molecule has 1 aliphatic heterocycles. The van der Waals surface area contributed by atoms with Crippen molar-refractivity contribution in [3.05, 3.63) is 17.5 Å². The molecule has 0 bridgehead atoms. The molecule has 1 aromatic heterocycles. The monoisotopic (exact) mass is 200 g/mol. The highest BCUT2D eigenvalue weighted by Gasteiger charge is 2.18. The first kappa shape index (κ1) is 8.72. The van der Waals surface area contributed by atoms with E-state index in [-0.39, 0.29) is 6.10 Å². The summed E-state index contributed by atoms with van der Waals surface area (Å²) < 4.78 is 10.7. The molecular formula is C8H9ClN2O2. The van der Waals surface area contributed by atoms with Crippen molar-refractivity contribution in [3.63, 3.8) is 0 Å². The van der Waals surface area contributed by atoms with E-state index in [9.17, 15) is 0 Å². The number of hydrogen-bond acceptors (Lipinski definition) is 4. The Hall–Kier alpha value is -0.870. The summed E-state index contributed by atoms with van der Waals surface area (Å²) in [6.07, 6.45) is 3.89. The van der Waals surface area contributed by atoms with Gasteiger partial charge >= 0.3 is 0 Å². The Morgan fingerprint density at radius 1 is 1.62 bits per heavy atom. The fourth-order valence-corrected chi connectivity index (χ4v) is 1.30. The lowest BCUT2D eigenvalue weighted by Crippen LogP contribution is -2.16. The van der Waals surface area contributed by atoms with Gasteiger partial charge in [-0.15, -0.1) is 0 Å². The highest BCUT2D eigenvalue weighted by atomic mass is 35.5. The molecule has 1 unspecified atom stereocenters. The summed E-state index contributed by atoms with van der Waals surface area (Å²) in [5.41, 5.74) is 0. The molecule has 1 saturated heterocycles. The first-order chi connectivity index (χ1) is 6.36. The SMILES string of the molecule is Clc1cncnc1OC1CCOC1. The van der Waals surface area contributed by atoms with Crippen LogP contribution in [0.4, 0.5) is 0 Å².